The van der Waals surface area contributed by atoms with Gasteiger partial charge in [0, 0.05) is 23.3 Å². The van der Waals surface area contributed by atoms with Gasteiger partial charge in [-0.05, 0) is 62.4 Å². The molecule has 0 saturated carbocycles. The maximum Gasteiger partial charge on any atom is 0.319 e. The Morgan fingerprint density at radius 1 is 1.12 bits per heavy atom. The van der Waals surface area contributed by atoms with E-state index < -0.39 is 15.9 Å². The highest BCUT2D eigenvalue weighted by Crippen LogP contribution is 2.21. The van der Waals surface area contributed by atoms with E-state index in [1.807, 2.05) is 6.92 Å². The van der Waals surface area contributed by atoms with Crippen LogP contribution in [0.1, 0.15) is 35.6 Å². The predicted octanol–water partition coefficient (Wildman–Crippen LogP) is 2.39. The first kappa shape index (κ1) is 18.3. The molecule has 3 rings (SSSR count). The van der Waals surface area contributed by atoms with E-state index in [4.69, 9.17) is 0 Å². The molecule has 0 atom stereocenters. The molecule has 1 aromatic carbocycles. The van der Waals surface area contributed by atoms with Crippen LogP contribution in [0.5, 0.6) is 0 Å². The number of benzene rings is 1. The molecule has 0 fully saturated rings. The molecule has 0 radical (unpaired) electrons. The molecule has 26 heavy (non-hydrogen) atoms. The van der Waals surface area contributed by atoms with Crippen molar-refractivity contribution in [2.24, 2.45) is 0 Å². The van der Waals surface area contributed by atoms with Crippen molar-refractivity contribution in [2.45, 2.75) is 44.0 Å². The van der Waals surface area contributed by atoms with E-state index in [1.54, 1.807) is 12.1 Å². The van der Waals surface area contributed by atoms with Crippen LogP contribution in [-0.4, -0.2) is 30.7 Å². The highest BCUT2D eigenvalue weighted by molar-refractivity contribution is 7.90. The zero-order chi connectivity index (χ0) is 18.7. The van der Waals surface area contributed by atoms with Crippen molar-refractivity contribution in [3.05, 3.63) is 47.0 Å². The predicted molar refractivity (Wildman–Crippen MR) is 98.8 cm³/mol. The largest absolute Gasteiger partial charge is 0.331 e. The molecule has 8 heteroatoms. The Kier molecular flexibility index (Phi) is 5.22. The first-order chi connectivity index (χ1) is 12.3. The average molecular weight is 374 g/mol. The number of hydrogen-bond acceptors (Lipinski definition) is 5. The second-order valence-electron chi connectivity index (χ2n) is 6.46. The highest BCUT2D eigenvalue weighted by Gasteiger charge is 2.15. The van der Waals surface area contributed by atoms with Crippen molar-refractivity contribution >= 4 is 21.6 Å². The molecule has 7 nitrogen and oxygen atoms in total. The maximum absolute atomic E-state index is 12.0. The molecule has 1 aliphatic carbocycles. The minimum Gasteiger partial charge on any atom is -0.331 e. The van der Waals surface area contributed by atoms with Crippen LogP contribution < -0.4 is 10.6 Å². The van der Waals surface area contributed by atoms with Gasteiger partial charge >= 0.3 is 6.03 Å². The van der Waals surface area contributed by atoms with Crippen LogP contribution >= 0.6 is 0 Å². The number of nitrogens with zero attached hydrogens (tertiary/aromatic N) is 2. The topological polar surface area (TPSA) is 101 Å². The van der Waals surface area contributed by atoms with Gasteiger partial charge in [-0.25, -0.2) is 23.2 Å². The number of amides is 2. The highest BCUT2D eigenvalue weighted by atomic mass is 32.2. The number of aryl methyl sites for hydroxylation is 2. The van der Waals surface area contributed by atoms with Crippen LogP contribution in [0.4, 0.5) is 10.5 Å². The Bertz CT molecular complexity index is 924. The first-order valence-electron chi connectivity index (χ1n) is 8.53. The van der Waals surface area contributed by atoms with Crippen LogP contribution in [0.25, 0.3) is 0 Å². The molecule has 2 aromatic rings. The lowest BCUT2D eigenvalue weighted by atomic mass is 9.95. The van der Waals surface area contributed by atoms with Crippen molar-refractivity contribution in [3.8, 4) is 0 Å². The number of hydrogen-bond donors (Lipinski definition) is 2. The van der Waals surface area contributed by atoms with E-state index in [2.05, 4.69) is 20.6 Å². The minimum atomic E-state index is -3.25. The van der Waals surface area contributed by atoms with Crippen LogP contribution in [0.3, 0.4) is 0 Å². The van der Waals surface area contributed by atoms with Gasteiger partial charge in [0.2, 0.25) is 0 Å². The van der Waals surface area contributed by atoms with E-state index in [0.29, 0.717) is 11.5 Å². The molecule has 138 valence electrons. The molecule has 0 saturated heterocycles. The van der Waals surface area contributed by atoms with Gasteiger partial charge in [-0.1, -0.05) is 0 Å². The van der Waals surface area contributed by atoms with Gasteiger partial charge in [0.1, 0.15) is 5.82 Å². The third kappa shape index (κ3) is 4.37. The average Bonchev–Trinajstić information content (AvgIpc) is 2.60. The van der Waals surface area contributed by atoms with E-state index in [-0.39, 0.29) is 11.4 Å². The zero-order valence-electron chi connectivity index (χ0n) is 14.9. The Balaban J connectivity index is 1.60. The number of carbonyl (C=O) groups is 1. The Morgan fingerprint density at radius 2 is 1.81 bits per heavy atom. The van der Waals surface area contributed by atoms with Crippen molar-refractivity contribution in [2.75, 3.05) is 11.6 Å². The second-order valence-corrected chi connectivity index (χ2v) is 8.48. The molecule has 2 amide bonds. The summed E-state index contributed by atoms with van der Waals surface area (Å²) in [4.78, 5) is 21.3. The molecule has 0 unspecified atom stereocenters. The second kappa shape index (κ2) is 7.41. The van der Waals surface area contributed by atoms with E-state index in [1.165, 1.54) is 24.1 Å². The summed E-state index contributed by atoms with van der Waals surface area (Å²) in [5, 5.41) is 5.40. The normalized spacial score (nSPS) is 13.8. The van der Waals surface area contributed by atoms with Crippen LogP contribution in [0.2, 0.25) is 0 Å². The SMILES string of the molecule is Cc1nc(CNC(=O)Nc2ccc(S(C)(=O)=O)cc2)nc2c1CCCC2. The quantitative estimate of drug-likeness (QED) is 0.856. The number of aromatic nitrogens is 2. The van der Waals surface area contributed by atoms with Crippen molar-refractivity contribution in [1.82, 2.24) is 15.3 Å². The van der Waals surface area contributed by atoms with Crippen molar-refractivity contribution in [3.63, 3.8) is 0 Å². The lowest BCUT2D eigenvalue weighted by molar-refractivity contribution is 0.251. The van der Waals surface area contributed by atoms with Crippen molar-refractivity contribution < 1.29 is 13.2 Å². The summed E-state index contributed by atoms with van der Waals surface area (Å²) in [7, 11) is -3.25. The summed E-state index contributed by atoms with van der Waals surface area (Å²) < 4.78 is 22.9. The summed E-state index contributed by atoms with van der Waals surface area (Å²) in [6, 6.07) is 5.63. The molecule has 0 aliphatic heterocycles. The Labute approximate surface area is 153 Å². The Hall–Kier alpha value is -2.48. The number of nitrogens with one attached hydrogen (secondary N) is 2. The molecular formula is C18H22N4O3S. The van der Waals surface area contributed by atoms with E-state index in [9.17, 15) is 13.2 Å². The molecular weight excluding hydrogens is 352 g/mol. The van der Waals surface area contributed by atoms with Gasteiger partial charge in [0.15, 0.2) is 9.84 Å². The molecule has 2 N–H and O–H groups in total. The number of carbonyl (C=O) groups excluding carboxylic acids is 1. The third-order valence-corrected chi connectivity index (χ3v) is 5.51. The zero-order valence-corrected chi connectivity index (χ0v) is 15.7. The lowest BCUT2D eigenvalue weighted by Crippen LogP contribution is -2.29. The number of rotatable bonds is 4. The molecule has 0 spiro atoms. The van der Waals surface area contributed by atoms with Gasteiger partial charge < -0.3 is 10.6 Å². The van der Waals surface area contributed by atoms with Crippen LogP contribution in [-0.2, 0) is 29.2 Å². The van der Waals surface area contributed by atoms with E-state index in [0.717, 1.165) is 36.9 Å². The molecule has 1 heterocycles. The van der Waals surface area contributed by atoms with Crippen LogP contribution in [0, 0.1) is 6.92 Å². The smallest absolute Gasteiger partial charge is 0.319 e. The van der Waals surface area contributed by atoms with E-state index >= 15 is 0 Å². The maximum atomic E-state index is 12.0. The fourth-order valence-corrected chi connectivity index (χ4v) is 3.67. The lowest BCUT2D eigenvalue weighted by Gasteiger charge is -2.17. The summed E-state index contributed by atoms with van der Waals surface area (Å²) in [6.45, 7) is 2.22. The number of sulfone groups is 1. The molecule has 1 aliphatic rings. The van der Waals surface area contributed by atoms with Gasteiger partial charge in [-0.3, -0.25) is 0 Å². The Morgan fingerprint density at radius 3 is 2.50 bits per heavy atom. The fourth-order valence-electron chi connectivity index (χ4n) is 3.04. The summed E-state index contributed by atoms with van der Waals surface area (Å²) in [6.07, 6.45) is 5.45. The monoisotopic (exact) mass is 374 g/mol. The number of urea groups is 1. The molecule has 1 aromatic heterocycles. The van der Waals surface area contributed by atoms with Gasteiger partial charge in [-0.2, -0.15) is 0 Å². The third-order valence-electron chi connectivity index (χ3n) is 4.38. The summed E-state index contributed by atoms with van der Waals surface area (Å²) in [5.41, 5.74) is 3.84. The van der Waals surface area contributed by atoms with Gasteiger partial charge in [0.05, 0.1) is 11.4 Å². The summed E-state index contributed by atoms with van der Waals surface area (Å²) >= 11 is 0. The number of anilines is 1. The molecule has 0 bridgehead atoms. The van der Waals surface area contributed by atoms with Crippen molar-refractivity contribution in [1.29, 1.82) is 0 Å². The van der Waals surface area contributed by atoms with Gasteiger partial charge in [-0.15, -0.1) is 0 Å². The fraction of sp³-hybridized carbons (Fsp3) is 0.389. The summed E-state index contributed by atoms with van der Waals surface area (Å²) in [5.74, 6) is 0.603. The van der Waals surface area contributed by atoms with Gasteiger partial charge in [0.25, 0.3) is 0 Å². The first-order valence-corrected chi connectivity index (χ1v) is 10.4. The van der Waals surface area contributed by atoms with Crippen LogP contribution in [0.15, 0.2) is 29.2 Å². The standard InChI is InChI=1S/C18H22N4O3S/c1-12-15-5-3-4-6-16(15)22-17(20-12)11-19-18(23)21-13-7-9-14(10-8-13)26(2,24)25/h7-10H,3-6,11H2,1-2H3,(H2,19,21,23). The minimum absolute atomic E-state index is 0.210. The number of fused-ring (bicyclic) bond motifs is 1.